The Morgan fingerprint density at radius 1 is 1.14 bits per heavy atom. The summed E-state index contributed by atoms with van der Waals surface area (Å²) < 4.78 is 26.9. The highest BCUT2D eigenvalue weighted by Gasteiger charge is 2.17. The van der Waals surface area contributed by atoms with Crippen LogP contribution in [0.5, 0.6) is 0 Å². The summed E-state index contributed by atoms with van der Waals surface area (Å²) in [5.74, 6) is -0.101. The molecule has 0 amide bonds. The number of aliphatic hydroxyl groups excluding tert-OH is 1. The van der Waals surface area contributed by atoms with Crippen molar-refractivity contribution in [3.8, 4) is 0 Å². The van der Waals surface area contributed by atoms with Crippen LogP contribution < -0.4 is 4.72 Å². The lowest BCUT2D eigenvalue weighted by atomic mass is 10.2. The van der Waals surface area contributed by atoms with Crippen LogP contribution in [-0.2, 0) is 22.4 Å². The molecule has 112 valence electrons. The van der Waals surface area contributed by atoms with Gasteiger partial charge in [0.15, 0.2) is 0 Å². The lowest BCUT2D eigenvalue weighted by Gasteiger charge is -2.13. The molecule has 1 aromatic heterocycles. The maximum atomic E-state index is 12.1. The standard InChI is InChI=1S/C15H18N2O3S/c1-12(15-4-2-3-9-16-15)17-21(19,20)11-14-7-5-13(10-18)6-8-14/h2-9,12,17-18H,10-11H2,1H3. The summed E-state index contributed by atoms with van der Waals surface area (Å²) >= 11 is 0. The van der Waals surface area contributed by atoms with Crippen molar-refractivity contribution in [3.05, 3.63) is 65.5 Å². The number of rotatable bonds is 6. The molecule has 1 unspecified atom stereocenters. The molecule has 0 aliphatic heterocycles. The van der Waals surface area contributed by atoms with E-state index in [1.165, 1.54) is 0 Å². The van der Waals surface area contributed by atoms with E-state index in [1.54, 1.807) is 49.5 Å². The van der Waals surface area contributed by atoms with Crippen molar-refractivity contribution >= 4 is 10.0 Å². The fourth-order valence-electron chi connectivity index (χ4n) is 1.96. The van der Waals surface area contributed by atoms with E-state index < -0.39 is 10.0 Å². The SMILES string of the molecule is CC(NS(=O)(=O)Cc1ccc(CO)cc1)c1ccccn1. The van der Waals surface area contributed by atoms with E-state index in [0.29, 0.717) is 11.3 Å². The molecular weight excluding hydrogens is 288 g/mol. The van der Waals surface area contributed by atoms with Crippen LogP contribution in [0.25, 0.3) is 0 Å². The Balaban J connectivity index is 2.04. The molecule has 0 bridgehead atoms. The highest BCUT2D eigenvalue weighted by molar-refractivity contribution is 7.88. The number of hydrogen-bond acceptors (Lipinski definition) is 4. The van der Waals surface area contributed by atoms with E-state index in [4.69, 9.17) is 5.11 Å². The van der Waals surface area contributed by atoms with E-state index in [2.05, 4.69) is 9.71 Å². The van der Waals surface area contributed by atoms with Crippen LogP contribution in [0, 0.1) is 0 Å². The molecule has 6 heteroatoms. The molecule has 2 aromatic rings. The summed E-state index contributed by atoms with van der Waals surface area (Å²) in [5.41, 5.74) is 2.11. The number of sulfonamides is 1. The number of aromatic nitrogens is 1. The molecule has 1 aromatic carbocycles. The molecule has 2 N–H and O–H groups in total. The summed E-state index contributed by atoms with van der Waals surface area (Å²) in [6.45, 7) is 1.71. The Hall–Kier alpha value is -1.76. The first-order chi connectivity index (χ1) is 10.00. The van der Waals surface area contributed by atoms with E-state index in [-0.39, 0.29) is 18.4 Å². The first-order valence-corrected chi connectivity index (χ1v) is 8.25. The Morgan fingerprint density at radius 2 is 1.81 bits per heavy atom. The summed E-state index contributed by atoms with van der Waals surface area (Å²) in [5, 5.41) is 8.97. The molecule has 1 atom stereocenters. The van der Waals surface area contributed by atoms with Crippen LogP contribution in [0.2, 0.25) is 0 Å². The van der Waals surface area contributed by atoms with E-state index in [1.807, 2.05) is 6.07 Å². The van der Waals surface area contributed by atoms with Crippen LogP contribution >= 0.6 is 0 Å². The third-order valence-electron chi connectivity index (χ3n) is 3.05. The van der Waals surface area contributed by atoms with Gasteiger partial charge < -0.3 is 5.11 Å². The number of pyridine rings is 1. The molecule has 0 radical (unpaired) electrons. The molecule has 0 aliphatic rings. The predicted octanol–water partition coefficient (Wildman–Crippen LogP) is 1.75. The minimum Gasteiger partial charge on any atom is -0.392 e. The van der Waals surface area contributed by atoms with Crippen molar-refractivity contribution in [2.45, 2.75) is 25.3 Å². The van der Waals surface area contributed by atoms with Gasteiger partial charge >= 0.3 is 0 Å². The summed E-state index contributed by atoms with van der Waals surface area (Å²) in [6.07, 6.45) is 1.63. The predicted molar refractivity (Wildman–Crippen MR) is 80.8 cm³/mol. The molecule has 5 nitrogen and oxygen atoms in total. The third kappa shape index (κ3) is 4.63. The lowest BCUT2D eigenvalue weighted by molar-refractivity contribution is 0.282. The quantitative estimate of drug-likeness (QED) is 0.852. The highest BCUT2D eigenvalue weighted by atomic mass is 32.2. The minimum absolute atomic E-state index is 0.0536. The topological polar surface area (TPSA) is 79.3 Å². The zero-order valence-corrected chi connectivity index (χ0v) is 12.5. The van der Waals surface area contributed by atoms with Crippen LogP contribution in [0.15, 0.2) is 48.7 Å². The number of nitrogens with zero attached hydrogens (tertiary/aromatic N) is 1. The summed E-state index contributed by atoms with van der Waals surface area (Å²) in [6, 6.07) is 11.8. The van der Waals surface area contributed by atoms with Crippen LogP contribution in [0.4, 0.5) is 0 Å². The monoisotopic (exact) mass is 306 g/mol. The fraction of sp³-hybridized carbons (Fsp3) is 0.267. The molecule has 2 rings (SSSR count). The molecule has 0 saturated heterocycles. The van der Waals surface area contributed by atoms with Crippen LogP contribution in [0.3, 0.4) is 0 Å². The average molecular weight is 306 g/mol. The first-order valence-electron chi connectivity index (χ1n) is 6.60. The summed E-state index contributed by atoms with van der Waals surface area (Å²) in [7, 11) is -3.45. The zero-order valence-electron chi connectivity index (χ0n) is 11.7. The molecular formula is C15H18N2O3S. The van der Waals surface area contributed by atoms with Crippen LogP contribution in [0.1, 0.15) is 29.8 Å². The highest BCUT2D eigenvalue weighted by Crippen LogP contribution is 2.13. The smallest absolute Gasteiger partial charge is 0.216 e. The summed E-state index contributed by atoms with van der Waals surface area (Å²) in [4.78, 5) is 4.14. The molecule has 21 heavy (non-hydrogen) atoms. The zero-order chi connectivity index (χ0) is 15.3. The third-order valence-corrected chi connectivity index (χ3v) is 4.48. The van der Waals surface area contributed by atoms with E-state index >= 15 is 0 Å². The van der Waals surface area contributed by atoms with Crippen molar-refractivity contribution in [1.82, 2.24) is 9.71 Å². The maximum absolute atomic E-state index is 12.1. The van der Waals surface area contributed by atoms with Crippen molar-refractivity contribution < 1.29 is 13.5 Å². The molecule has 0 spiro atoms. The van der Waals surface area contributed by atoms with Gasteiger partial charge in [-0.05, 0) is 30.2 Å². The van der Waals surface area contributed by atoms with Crippen molar-refractivity contribution in [2.24, 2.45) is 0 Å². The van der Waals surface area contributed by atoms with Gasteiger partial charge in [0.2, 0.25) is 10.0 Å². The van der Waals surface area contributed by atoms with Gasteiger partial charge in [0.1, 0.15) is 0 Å². The lowest BCUT2D eigenvalue weighted by Crippen LogP contribution is -2.28. The second-order valence-corrected chi connectivity index (χ2v) is 6.58. The van der Waals surface area contributed by atoms with Crippen molar-refractivity contribution in [2.75, 3.05) is 0 Å². The molecule has 0 saturated carbocycles. The van der Waals surface area contributed by atoms with Gasteiger partial charge in [-0.15, -0.1) is 0 Å². The van der Waals surface area contributed by atoms with E-state index in [0.717, 1.165) is 5.56 Å². The largest absolute Gasteiger partial charge is 0.392 e. The molecule has 0 fully saturated rings. The van der Waals surface area contributed by atoms with Crippen LogP contribution in [-0.4, -0.2) is 18.5 Å². The number of benzene rings is 1. The number of aliphatic hydroxyl groups is 1. The number of hydrogen-bond donors (Lipinski definition) is 2. The fourth-order valence-corrected chi connectivity index (χ4v) is 3.34. The maximum Gasteiger partial charge on any atom is 0.216 e. The Bertz CT molecular complexity index is 670. The first kappa shape index (κ1) is 15.6. The second kappa shape index (κ2) is 6.80. The second-order valence-electron chi connectivity index (χ2n) is 4.83. The Kier molecular flexibility index (Phi) is 5.06. The van der Waals surface area contributed by atoms with Gasteiger partial charge in [-0.25, -0.2) is 13.1 Å². The minimum atomic E-state index is -3.45. The van der Waals surface area contributed by atoms with Gasteiger partial charge in [0.05, 0.1) is 24.1 Å². The van der Waals surface area contributed by atoms with Gasteiger partial charge in [-0.3, -0.25) is 4.98 Å². The average Bonchev–Trinajstić information content (AvgIpc) is 2.48. The van der Waals surface area contributed by atoms with Crippen molar-refractivity contribution in [1.29, 1.82) is 0 Å². The van der Waals surface area contributed by atoms with Gasteiger partial charge in [0, 0.05) is 6.20 Å². The van der Waals surface area contributed by atoms with Gasteiger partial charge in [0.25, 0.3) is 0 Å². The van der Waals surface area contributed by atoms with E-state index in [9.17, 15) is 8.42 Å². The van der Waals surface area contributed by atoms with Crippen molar-refractivity contribution in [3.63, 3.8) is 0 Å². The Labute approximate surface area is 124 Å². The number of nitrogens with one attached hydrogen (secondary N) is 1. The van der Waals surface area contributed by atoms with Gasteiger partial charge in [-0.1, -0.05) is 30.3 Å². The van der Waals surface area contributed by atoms with Gasteiger partial charge in [-0.2, -0.15) is 0 Å². The normalized spacial score (nSPS) is 13.0. The molecule has 0 aliphatic carbocycles. The molecule has 1 heterocycles. The Morgan fingerprint density at radius 3 is 2.38 bits per heavy atom.